The van der Waals surface area contributed by atoms with Crippen molar-refractivity contribution in [2.24, 2.45) is 23.2 Å². The van der Waals surface area contributed by atoms with Crippen molar-refractivity contribution in [1.29, 1.82) is 0 Å². The molecular formula is C13H20O. The fraction of sp³-hybridized carbons (Fsp3) is 0.923. The van der Waals surface area contributed by atoms with Crippen LogP contribution in [0, 0.1) is 23.2 Å². The fourth-order valence-electron chi connectivity index (χ4n) is 4.37. The van der Waals surface area contributed by atoms with E-state index in [1.807, 2.05) is 0 Å². The Morgan fingerprint density at radius 1 is 1.14 bits per heavy atom. The SMILES string of the molecule is CC(=O)C1C2CCC3(CCCC3)CC21. The van der Waals surface area contributed by atoms with Crippen LogP contribution in [0.1, 0.15) is 51.9 Å². The molecule has 1 heteroatoms. The van der Waals surface area contributed by atoms with Crippen LogP contribution in [-0.4, -0.2) is 5.78 Å². The summed E-state index contributed by atoms with van der Waals surface area (Å²) in [6.07, 6.45) is 9.99. The number of ketones is 1. The van der Waals surface area contributed by atoms with E-state index in [-0.39, 0.29) is 0 Å². The maximum absolute atomic E-state index is 11.4. The van der Waals surface area contributed by atoms with Gasteiger partial charge in [-0.25, -0.2) is 0 Å². The fourth-order valence-corrected chi connectivity index (χ4v) is 4.37. The van der Waals surface area contributed by atoms with Crippen molar-refractivity contribution in [3.63, 3.8) is 0 Å². The average molecular weight is 192 g/mol. The summed E-state index contributed by atoms with van der Waals surface area (Å²) in [4.78, 5) is 11.4. The number of rotatable bonds is 1. The maximum atomic E-state index is 11.4. The molecule has 1 spiro atoms. The molecule has 0 aliphatic heterocycles. The molecule has 0 N–H and O–H groups in total. The first-order valence-electron chi connectivity index (χ1n) is 6.22. The van der Waals surface area contributed by atoms with Crippen LogP contribution >= 0.6 is 0 Å². The predicted molar refractivity (Wildman–Crippen MR) is 55.9 cm³/mol. The Morgan fingerprint density at radius 3 is 2.50 bits per heavy atom. The number of fused-ring (bicyclic) bond motifs is 1. The molecule has 3 aliphatic rings. The quantitative estimate of drug-likeness (QED) is 0.623. The third-order valence-electron chi connectivity index (χ3n) is 5.14. The summed E-state index contributed by atoms with van der Waals surface area (Å²) < 4.78 is 0. The first kappa shape index (κ1) is 8.94. The molecule has 0 bridgehead atoms. The molecule has 1 nitrogen and oxygen atoms in total. The number of carbonyl (C=O) groups excluding carboxylic acids is 1. The molecule has 3 atom stereocenters. The highest BCUT2D eigenvalue weighted by atomic mass is 16.1. The Kier molecular flexibility index (Phi) is 1.81. The van der Waals surface area contributed by atoms with Crippen molar-refractivity contribution in [3.8, 4) is 0 Å². The number of hydrogen-bond donors (Lipinski definition) is 0. The molecule has 0 aromatic rings. The standard InChI is InChI=1S/C13H20O/c1-9(14)12-10-4-7-13(8-11(10)12)5-2-3-6-13/h10-12H,2-8H2,1H3. The van der Waals surface area contributed by atoms with Crippen molar-refractivity contribution in [2.75, 3.05) is 0 Å². The van der Waals surface area contributed by atoms with Crippen LogP contribution < -0.4 is 0 Å². The van der Waals surface area contributed by atoms with Gasteiger partial charge in [0, 0.05) is 5.92 Å². The van der Waals surface area contributed by atoms with E-state index < -0.39 is 0 Å². The molecule has 0 amide bonds. The van der Waals surface area contributed by atoms with Crippen LogP contribution in [-0.2, 0) is 4.79 Å². The van der Waals surface area contributed by atoms with Gasteiger partial charge >= 0.3 is 0 Å². The van der Waals surface area contributed by atoms with Crippen molar-refractivity contribution >= 4 is 5.78 Å². The van der Waals surface area contributed by atoms with Crippen molar-refractivity contribution in [2.45, 2.75) is 51.9 Å². The molecule has 0 aromatic carbocycles. The first-order valence-corrected chi connectivity index (χ1v) is 6.22. The third-order valence-corrected chi connectivity index (χ3v) is 5.14. The van der Waals surface area contributed by atoms with Gasteiger partial charge in [0.05, 0.1) is 0 Å². The van der Waals surface area contributed by atoms with E-state index in [0.29, 0.717) is 17.1 Å². The average Bonchev–Trinajstić information content (AvgIpc) is 2.68. The van der Waals surface area contributed by atoms with Gasteiger partial charge in [-0.1, -0.05) is 12.8 Å². The van der Waals surface area contributed by atoms with Crippen LogP contribution in [0.3, 0.4) is 0 Å². The highest BCUT2D eigenvalue weighted by Gasteiger charge is 2.58. The molecule has 3 rings (SSSR count). The van der Waals surface area contributed by atoms with Crippen molar-refractivity contribution in [1.82, 2.24) is 0 Å². The van der Waals surface area contributed by atoms with Crippen LogP contribution in [0.2, 0.25) is 0 Å². The van der Waals surface area contributed by atoms with E-state index in [1.54, 1.807) is 6.92 Å². The van der Waals surface area contributed by atoms with E-state index in [4.69, 9.17) is 0 Å². The topological polar surface area (TPSA) is 17.1 Å². The van der Waals surface area contributed by atoms with Gasteiger partial charge in [-0.15, -0.1) is 0 Å². The number of Topliss-reactive ketones (excluding diaryl/α,β-unsaturated/α-hetero) is 1. The molecule has 78 valence electrons. The zero-order valence-corrected chi connectivity index (χ0v) is 9.09. The van der Waals surface area contributed by atoms with E-state index in [2.05, 4.69) is 0 Å². The van der Waals surface area contributed by atoms with Gasteiger partial charge in [-0.2, -0.15) is 0 Å². The monoisotopic (exact) mass is 192 g/mol. The van der Waals surface area contributed by atoms with Crippen LogP contribution in [0.5, 0.6) is 0 Å². The van der Waals surface area contributed by atoms with Crippen molar-refractivity contribution in [3.05, 3.63) is 0 Å². The molecule has 3 fully saturated rings. The van der Waals surface area contributed by atoms with E-state index in [0.717, 1.165) is 11.8 Å². The van der Waals surface area contributed by atoms with Gasteiger partial charge in [0.2, 0.25) is 0 Å². The summed E-state index contributed by atoms with van der Waals surface area (Å²) in [5, 5.41) is 0. The molecule has 14 heavy (non-hydrogen) atoms. The van der Waals surface area contributed by atoms with Gasteiger partial charge in [-0.3, -0.25) is 4.79 Å². The Morgan fingerprint density at radius 2 is 1.86 bits per heavy atom. The molecule has 0 heterocycles. The Hall–Kier alpha value is -0.330. The van der Waals surface area contributed by atoms with E-state index in [1.165, 1.54) is 44.9 Å². The van der Waals surface area contributed by atoms with E-state index >= 15 is 0 Å². The minimum atomic E-state index is 0.468. The molecule has 3 aliphatic carbocycles. The summed E-state index contributed by atoms with van der Waals surface area (Å²) >= 11 is 0. The lowest BCUT2D eigenvalue weighted by Crippen LogP contribution is -2.21. The van der Waals surface area contributed by atoms with Crippen LogP contribution in [0.25, 0.3) is 0 Å². The second-order valence-electron chi connectivity index (χ2n) is 5.91. The smallest absolute Gasteiger partial charge is 0.133 e. The number of hydrogen-bond acceptors (Lipinski definition) is 1. The zero-order chi connectivity index (χ0) is 9.76. The molecule has 0 aromatic heterocycles. The molecule has 3 saturated carbocycles. The van der Waals surface area contributed by atoms with Gasteiger partial charge in [0.25, 0.3) is 0 Å². The van der Waals surface area contributed by atoms with Crippen LogP contribution in [0.4, 0.5) is 0 Å². The summed E-state index contributed by atoms with van der Waals surface area (Å²) in [5.74, 6) is 2.56. The lowest BCUT2D eigenvalue weighted by molar-refractivity contribution is -0.118. The molecule has 0 saturated heterocycles. The summed E-state index contributed by atoms with van der Waals surface area (Å²) in [6, 6.07) is 0. The second kappa shape index (κ2) is 2.84. The maximum Gasteiger partial charge on any atom is 0.133 e. The Bertz CT molecular complexity index is 262. The van der Waals surface area contributed by atoms with E-state index in [9.17, 15) is 4.79 Å². The minimum Gasteiger partial charge on any atom is -0.300 e. The molecule has 0 radical (unpaired) electrons. The Balaban J connectivity index is 1.71. The van der Waals surface area contributed by atoms with Crippen LogP contribution in [0.15, 0.2) is 0 Å². The second-order valence-corrected chi connectivity index (χ2v) is 5.91. The summed E-state index contributed by atoms with van der Waals surface area (Å²) in [5.41, 5.74) is 0.700. The van der Waals surface area contributed by atoms with Gasteiger partial charge in [0.1, 0.15) is 5.78 Å². The predicted octanol–water partition coefficient (Wildman–Crippen LogP) is 3.18. The first-order chi connectivity index (χ1) is 6.72. The summed E-state index contributed by atoms with van der Waals surface area (Å²) in [7, 11) is 0. The van der Waals surface area contributed by atoms with Gasteiger partial charge in [-0.05, 0) is 56.3 Å². The van der Waals surface area contributed by atoms with Gasteiger partial charge < -0.3 is 0 Å². The summed E-state index contributed by atoms with van der Waals surface area (Å²) in [6.45, 7) is 1.80. The largest absolute Gasteiger partial charge is 0.300 e. The number of carbonyl (C=O) groups is 1. The lowest BCUT2D eigenvalue weighted by Gasteiger charge is -2.32. The Labute approximate surface area is 86.3 Å². The normalized spacial score (nSPS) is 43.6. The van der Waals surface area contributed by atoms with Gasteiger partial charge in [0.15, 0.2) is 0 Å². The lowest BCUT2D eigenvalue weighted by atomic mass is 9.73. The highest BCUT2D eigenvalue weighted by molar-refractivity contribution is 5.82. The molecular weight excluding hydrogens is 172 g/mol. The molecule has 3 unspecified atom stereocenters. The third kappa shape index (κ3) is 1.17. The minimum absolute atomic E-state index is 0.468. The van der Waals surface area contributed by atoms with Crippen molar-refractivity contribution < 1.29 is 4.79 Å². The highest BCUT2D eigenvalue weighted by Crippen LogP contribution is 2.64. The zero-order valence-electron chi connectivity index (χ0n) is 9.09.